The molecule has 146 valence electrons. The summed E-state index contributed by atoms with van der Waals surface area (Å²) in [7, 11) is 0. The lowest BCUT2D eigenvalue weighted by Gasteiger charge is -2.21. The predicted molar refractivity (Wildman–Crippen MR) is 116 cm³/mol. The van der Waals surface area contributed by atoms with Gasteiger partial charge >= 0.3 is 0 Å². The highest BCUT2D eigenvalue weighted by Gasteiger charge is 2.18. The Morgan fingerprint density at radius 3 is 2.40 bits per heavy atom. The topological polar surface area (TPSA) is 50.7 Å². The highest BCUT2D eigenvalue weighted by atomic mass is 19.1. The van der Waals surface area contributed by atoms with E-state index in [-0.39, 0.29) is 17.4 Å². The highest BCUT2D eigenvalue weighted by molar-refractivity contribution is 5.94. The van der Waals surface area contributed by atoms with Crippen LogP contribution >= 0.6 is 0 Å². The third kappa shape index (κ3) is 3.31. The molecule has 5 rings (SSSR count). The molecule has 0 aliphatic rings. The minimum Gasteiger partial charge on any atom is -0.326 e. The number of aromatic amines is 1. The van der Waals surface area contributed by atoms with Gasteiger partial charge in [-0.15, -0.1) is 0 Å². The zero-order valence-corrected chi connectivity index (χ0v) is 16.0. The van der Waals surface area contributed by atoms with Crippen LogP contribution in [0, 0.1) is 5.82 Å². The van der Waals surface area contributed by atoms with Crippen molar-refractivity contribution in [3.8, 4) is 11.1 Å². The molecule has 30 heavy (non-hydrogen) atoms. The number of rotatable bonds is 4. The zero-order chi connectivity index (χ0) is 20.5. The van der Waals surface area contributed by atoms with Gasteiger partial charge in [0.15, 0.2) is 0 Å². The molecule has 0 bridgehead atoms. The van der Waals surface area contributed by atoms with E-state index in [4.69, 9.17) is 0 Å². The van der Waals surface area contributed by atoms with Gasteiger partial charge in [-0.3, -0.25) is 4.79 Å². The van der Waals surface area contributed by atoms with Gasteiger partial charge in [0.1, 0.15) is 5.82 Å². The predicted octanol–water partition coefficient (Wildman–Crippen LogP) is 5.17. The summed E-state index contributed by atoms with van der Waals surface area (Å²) in [5.41, 5.74) is 4.44. The number of hydrogen-bond acceptors (Lipinski definition) is 2. The first-order valence-electron chi connectivity index (χ1n) is 9.64. The number of nitrogens with one attached hydrogen (secondary N) is 1. The molecule has 4 nitrogen and oxygen atoms in total. The maximum atomic E-state index is 13.5. The molecule has 5 heteroatoms. The first-order chi connectivity index (χ1) is 14.7. The molecule has 0 saturated carbocycles. The van der Waals surface area contributed by atoms with Crippen LogP contribution in [-0.4, -0.2) is 14.5 Å². The summed E-state index contributed by atoms with van der Waals surface area (Å²) < 4.78 is 15.5. The summed E-state index contributed by atoms with van der Waals surface area (Å²) in [5, 5.41) is 0.950. The van der Waals surface area contributed by atoms with Crippen LogP contribution in [0.4, 0.5) is 4.39 Å². The fourth-order valence-corrected chi connectivity index (χ4v) is 3.90. The molecular formula is C25H18FN3O. The van der Waals surface area contributed by atoms with Crippen LogP contribution in [0.15, 0.2) is 102 Å². The Kier molecular flexibility index (Phi) is 4.48. The second-order valence-electron chi connectivity index (χ2n) is 7.18. The third-order valence-corrected chi connectivity index (χ3v) is 5.28. The molecule has 5 aromatic rings. The van der Waals surface area contributed by atoms with Crippen molar-refractivity contribution in [3.05, 3.63) is 125 Å². The Morgan fingerprint density at radius 1 is 0.900 bits per heavy atom. The van der Waals surface area contributed by atoms with E-state index in [1.165, 1.54) is 12.1 Å². The van der Waals surface area contributed by atoms with Crippen LogP contribution in [0.25, 0.3) is 22.0 Å². The normalized spacial score (nSPS) is 12.2. The van der Waals surface area contributed by atoms with Crippen molar-refractivity contribution in [2.75, 3.05) is 0 Å². The van der Waals surface area contributed by atoms with Crippen LogP contribution in [-0.2, 0) is 0 Å². The Labute approximate surface area is 172 Å². The van der Waals surface area contributed by atoms with Crippen LogP contribution in [0.1, 0.15) is 17.2 Å². The second-order valence-corrected chi connectivity index (χ2v) is 7.18. The molecule has 0 saturated heterocycles. The lowest BCUT2D eigenvalue weighted by Crippen LogP contribution is -2.11. The molecular weight excluding hydrogens is 377 g/mol. The first-order valence-corrected chi connectivity index (χ1v) is 9.64. The van der Waals surface area contributed by atoms with Crippen molar-refractivity contribution in [2.24, 2.45) is 0 Å². The van der Waals surface area contributed by atoms with E-state index in [2.05, 4.69) is 16.0 Å². The minimum atomic E-state index is -0.273. The third-order valence-electron chi connectivity index (χ3n) is 5.28. The highest BCUT2D eigenvalue weighted by Crippen LogP contribution is 2.32. The van der Waals surface area contributed by atoms with Crippen LogP contribution in [0.3, 0.4) is 0 Å². The number of hydrogen-bond donors (Lipinski definition) is 1. The quantitative estimate of drug-likeness (QED) is 0.456. The summed E-state index contributed by atoms with van der Waals surface area (Å²) in [6.07, 6.45) is 5.37. The van der Waals surface area contributed by atoms with E-state index >= 15 is 0 Å². The van der Waals surface area contributed by atoms with Crippen LogP contribution in [0.2, 0.25) is 0 Å². The molecule has 0 aliphatic carbocycles. The van der Waals surface area contributed by atoms with Crippen molar-refractivity contribution in [1.82, 2.24) is 14.5 Å². The SMILES string of the molecule is O=c1cc(-c2ccccc2)c2cc(C(c3ccc(F)cc3)n3ccnc3)ccc2[nH]1. The van der Waals surface area contributed by atoms with E-state index in [1.54, 1.807) is 30.7 Å². The van der Waals surface area contributed by atoms with E-state index in [0.29, 0.717) is 0 Å². The van der Waals surface area contributed by atoms with Gasteiger partial charge in [0.05, 0.1) is 12.4 Å². The van der Waals surface area contributed by atoms with Crippen LogP contribution < -0.4 is 5.56 Å². The molecule has 0 spiro atoms. The lowest BCUT2D eigenvalue weighted by molar-refractivity contribution is 0.622. The number of aromatic nitrogens is 3. The fourth-order valence-electron chi connectivity index (χ4n) is 3.90. The maximum absolute atomic E-state index is 13.5. The number of H-pyrrole nitrogens is 1. The molecule has 0 aliphatic heterocycles. The molecule has 1 atom stereocenters. The van der Waals surface area contributed by atoms with Gasteiger partial charge in [-0.2, -0.15) is 0 Å². The molecule has 0 radical (unpaired) electrons. The Morgan fingerprint density at radius 2 is 1.67 bits per heavy atom. The lowest BCUT2D eigenvalue weighted by atomic mass is 9.94. The average Bonchev–Trinajstić information content (AvgIpc) is 3.30. The van der Waals surface area contributed by atoms with Crippen LogP contribution in [0.5, 0.6) is 0 Å². The van der Waals surface area contributed by atoms with Gasteiger partial charge in [-0.25, -0.2) is 9.37 Å². The summed E-state index contributed by atoms with van der Waals surface area (Å²) in [5.74, 6) is -0.273. The Bertz CT molecular complexity index is 1360. The van der Waals surface area contributed by atoms with Gasteiger partial charge in [0, 0.05) is 29.4 Å². The molecule has 0 fully saturated rings. The van der Waals surface area contributed by atoms with Gasteiger partial charge in [-0.05, 0) is 46.5 Å². The number of halogens is 1. The number of fused-ring (bicyclic) bond motifs is 1. The number of pyridine rings is 1. The van der Waals surface area contributed by atoms with E-state index < -0.39 is 0 Å². The molecule has 1 N–H and O–H groups in total. The summed E-state index contributed by atoms with van der Waals surface area (Å²) in [6.45, 7) is 0. The maximum Gasteiger partial charge on any atom is 0.249 e. The van der Waals surface area contributed by atoms with Gasteiger partial charge in [-0.1, -0.05) is 48.5 Å². The van der Waals surface area contributed by atoms with Crippen molar-refractivity contribution in [2.45, 2.75) is 6.04 Å². The summed E-state index contributed by atoms with van der Waals surface area (Å²) in [6, 6.07) is 23.8. The van der Waals surface area contributed by atoms with Crippen molar-refractivity contribution in [3.63, 3.8) is 0 Å². The van der Waals surface area contributed by atoms with E-state index in [0.717, 1.165) is 33.2 Å². The number of benzene rings is 3. The monoisotopic (exact) mass is 395 g/mol. The molecule has 2 heterocycles. The first kappa shape index (κ1) is 18.1. The number of nitrogens with zero attached hydrogens (tertiary/aromatic N) is 2. The molecule has 3 aromatic carbocycles. The smallest absolute Gasteiger partial charge is 0.249 e. The largest absolute Gasteiger partial charge is 0.326 e. The standard InChI is InChI=1S/C25H18FN3O/c26-20-9-6-18(7-10-20)25(29-13-12-27-16-29)19-8-11-23-22(14-19)21(15-24(30)28-23)17-4-2-1-3-5-17/h1-16,25H,(H,28,30). The van der Waals surface area contributed by atoms with Crippen molar-refractivity contribution < 1.29 is 4.39 Å². The summed E-state index contributed by atoms with van der Waals surface area (Å²) in [4.78, 5) is 19.3. The van der Waals surface area contributed by atoms with Gasteiger partial charge < -0.3 is 9.55 Å². The van der Waals surface area contributed by atoms with E-state index in [9.17, 15) is 9.18 Å². The Balaban J connectivity index is 1.74. The molecule has 0 amide bonds. The van der Waals surface area contributed by atoms with E-state index in [1.807, 2.05) is 53.2 Å². The summed E-state index contributed by atoms with van der Waals surface area (Å²) >= 11 is 0. The number of imidazole rings is 1. The van der Waals surface area contributed by atoms with Gasteiger partial charge in [0.25, 0.3) is 0 Å². The average molecular weight is 395 g/mol. The van der Waals surface area contributed by atoms with Gasteiger partial charge in [0.2, 0.25) is 5.56 Å². The molecule has 2 aromatic heterocycles. The second kappa shape index (κ2) is 7.44. The minimum absolute atomic E-state index is 0.140. The van der Waals surface area contributed by atoms with Crippen molar-refractivity contribution in [1.29, 1.82) is 0 Å². The fraction of sp³-hybridized carbons (Fsp3) is 0.0400. The molecule has 1 unspecified atom stereocenters. The zero-order valence-electron chi connectivity index (χ0n) is 16.0. The Hall–Kier alpha value is -3.99. The van der Waals surface area contributed by atoms with Crippen molar-refractivity contribution >= 4 is 10.9 Å².